The molecule has 1 aromatic carbocycles. The molecule has 0 atom stereocenters. The number of hydrogen-bond donors (Lipinski definition) is 2. The van der Waals surface area contributed by atoms with Gasteiger partial charge in [0.05, 0.1) is 5.60 Å². The summed E-state index contributed by atoms with van der Waals surface area (Å²) in [5.41, 5.74) is 1.95. The van der Waals surface area contributed by atoms with Crippen LogP contribution in [0.3, 0.4) is 0 Å². The van der Waals surface area contributed by atoms with Gasteiger partial charge in [0, 0.05) is 31.9 Å². The van der Waals surface area contributed by atoms with Crippen LogP contribution in [0.2, 0.25) is 0 Å². The van der Waals surface area contributed by atoms with E-state index >= 15 is 0 Å². The average Bonchev–Trinajstić information content (AvgIpc) is 2.82. The lowest BCUT2D eigenvalue weighted by atomic mass is 10.1. The van der Waals surface area contributed by atoms with Crippen molar-refractivity contribution in [1.82, 2.24) is 5.32 Å². The molecule has 1 aromatic rings. The van der Waals surface area contributed by atoms with E-state index in [1.165, 1.54) is 37.2 Å². The Balaban J connectivity index is 1.84. The second-order valence-electron chi connectivity index (χ2n) is 5.78. The summed E-state index contributed by atoms with van der Waals surface area (Å²) in [6.45, 7) is 7.44. The molecule has 2 N–H and O–H groups in total. The van der Waals surface area contributed by atoms with Crippen molar-refractivity contribution in [2.24, 2.45) is 0 Å². The summed E-state index contributed by atoms with van der Waals surface area (Å²) in [4.78, 5) is 2.44. The second kappa shape index (κ2) is 5.72. The maximum absolute atomic E-state index is 9.61. The molecule has 100 valence electrons. The largest absolute Gasteiger partial charge is 0.389 e. The molecule has 0 spiro atoms. The number of anilines is 1. The van der Waals surface area contributed by atoms with Crippen LogP contribution >= 0.6 is 0 Å². The van der Waals surface area contributed by atoms with E-state index in [4.69, 9.17) is 0 Å². The minimum absolute atomic E-state index is 0.612. The van der Waals surface area contributed by atoms with Crippen LogP contribution in [0.1, 0.15) is 32.3 Å². The zero-order valence-corrected chi connectivity index (χ0v) is 11.4. The van der Waals surface area contributed by atoms with E-state index in [0.717, 1.165) is 6.54 Å². The predicted octanol–water partition coefficient (Wildman–Crippen LogP) is 2.15. The summed E-state index contributed by atoms with van der Waals surface area (Å²) in [5, 5.41) is 12.9. The molecular weight excluding hydrogens is 224 g/mol. The van der Waals surface area contributed by atoms with Crippen LogP contribution in [0.25, 0.3) is 0 Å². The summed E-state index contributed by atoms with van der Waals surface area (Å²) >= 11 is 0. The van der Waals surface area contributed by atoms with Gasteiger partial charge in [-0.05, 0) is 44.4 Å². The number of nitrogens with one attached hydrogen (secondary N) is 1. The van der Waals surface area contributed by atoms with Crippen LogP contribution in [-0.4, -0.2) is 30.3 Å². The molecule has 3 heteroatoms. The van der Waals surface area contributed by atoms with E-state index in [2.05, 4.69) is 34.5 Å². The van der Waals surface area contributed by atoms with E-state index in [-0.39, 0.29) is 0 Å². The first-order chi connectivity index (χ1) is 8.54. The number of hydrogen-bond acceptors (Lipinski definition) is 3. The third-order valence-electron chi connectivity index (χ3n) is 3.29. The smallest absolute Gasteiger partial charge is 0.0715 e. The first kappa shape index (κ1) is 13.4. The summed E-state index contributed by atoms with van der Waals surface area (Å²) in [6, 6.07) is 8.74. The van der Waals surface area contributed by atoms with Crippen LogP contribution in [0.5, 0.6) is 0 Å². The van der Waals surface area contributed by atoms with Crippen molar-refractivity contribution in [3.63, 3.8) is 0 Å². The summed E-state index contributed by atoms with van der Waals surface area (Å²) in [7, 11) is 0. The number of rotatable bonds is 5. The van der Waals surface area contributed by atoms with Crippen molar-refractivity contribution in [3.05, 3.63) is 29.8 Å². The van der Waals surface area contributed by atoms with Gasteiger partial charge in [0.15, 0.2) is 0 Å². The van der Waals surface area contributed by atoms with E-state index in [1.807, 2.05) is 13.8 Å². The van der Waals surface area contributed by atoms with Crippen molar-refractivity contribution in [2.75, 3.05) is 24.5 Å². The minimum Gasteiger partial charge on any atom is -0.389 e. The average molecular weight is 248 g/mol. The van der Waals surface area contributed by atoms with Gasteiger partial charge in [-0.1, -0.05) is 12.1 Å². The fourth-order valence-electron chi connectivity index (χ4n) is 2.31. The Morgan fingerprint density at radius 3 is 2.33 bits per heavy atom. The first-order valence-electron chi connectivity index (χ1n) is 6.82. The van der Waals surface area contributed by atoms with Crippen LogP contribution < -0.4 is 10.2 Å². The third kappa shape index (κ3) is 4.00. The van der Waals surface area contributed by atoms with Gasteiger partial charge < -0.3 is 15.3 Å². The number of aliphatic hydroxyl groups is 1. The molecule has 0 saturated carbocycles. The van der Waals surface area contributed by atoms with Gasteiger partial charge in [-0.2, -0.15) is 0 Å². The first-order valence-corrected chi connectivity index (χ1v) is 6.82. The second-order valence-corrected chi connectivity index (χ2v) is 5.78. The lowest BCUT2D eigenvalue weighted by Gasteiger charge is -2.19. The van der Waals surface area contributed by atoms with Crippen molar-refractivity contribution >= 4 is 5.69 Å². The molecule has 1 heterocycles. The highest BCUT2D eigenvalue weighted by atomic mass is 16.3. The lowest BCUT2D eigenvalue weighted by Crippen LogP contribution is -2.34. The van der Waals surface area contributed by atoms with Gasteiger partial charge in [0.1, 0.15) is 0 Å². The van der Waals surface area contributed by atoms with Gasteiger partial charge >= 0.3 is 0 Å². The molecule has 0 unspecified atom stereocenters. The van der Waals surface area contributed by atoms with Gasteiger partial charge in [-0.3, -0.25) is 0 Å². The fraction of sp³-hybridized carbons (Fsp3) is 0.600. The van der Waals surface area contributed by atoms with Crippen molar-refractivity contribution in [3.8, 4) is 0 Å². The Morgan fingerprint density at radius 2 is 1.78 bits per heavy atom. The van der Waals surface area contributed by atoms with Gasteiger partial charge in [0.2, 0.25) is 0 Å². The molecule has 0 aromatic heterocycles. The Bertz CT molecular complexity index is 361. The van der Waals surface area contributed by atoms with E-state index < -0.39 is 5.60 Å². The van der Waals surface area contributed by atoms with E-state index in [0.29, 0.717) is 6.54 Å². The van der Waals surface area contributed by atoms with Crippen LogP contribution in [0.4, 0.5) is 5.69 Å². The normalized spacial score (nSPS) is 16.3. The summed E-state index contributed by atoms with van der Waals surface area (Å²) in [5.74, 6) is 0. The monoisotopic (exact) mass is 248 g/mol. The maximum atomic E-state index is 9.61. The minimum atomic E-state index is -0.643. The van der Waals surface area contributed by atoms with Gasteiger partial charge in [-0.25, -0.2) is 0 Å². The lowest BCUT2D eigenvalue weighted by molar-refractivity contribution is 0.0795. The summed E-state index contributed by atoms with van der Waals surface area (Å²) < 4.78 is 0. The topological polar surface area (TPSA) is 35.5 Å². The van der Waals surface area contributed by atoms with Crippen LogP contribution in [0, 0.1) is 0 Å². The highest BCUT2D eigenvalue weighted by Gasteiger charge is 2.12. The molecule has 2 rings (SSSR count). The van der Waals surface area contributed by atoms with E-state index in [1.54, 1.807) is 0 Å². The Kier molecular flexibility index (Phi) is 4.25. The summed E-state index contributed by atoms with van der Waals surface area (Å²) in [6.07, 6.45) is 2.63. The molecular formula is C15H24N2O. The fourth-order valence-corrected chi connectivity index (χ4v) is 2.31. The molecule has 1 fully saturated rings. The molecule has 0 bridgehead atoms. The highest BCUT2D eigenvalue weighted by molar-refractivity contribution is 5.48. The molecule has 3 nitrogen and oxygen atoms in total. The van der Waals surface area contributed by atoms with Crippen molar-refractivity contribution in [1.29, 1.82) is 0 Å². The number of nitrogens with zero attached hydrogens (tertiary/aromatic N) is 1. The maximum Gasteiger partial charge on any atom is 0.0715 e. The molecule has 0 aliphatic carbocycles. The van der Waals surface area contributed by atoms with Crippen molar-refractivity contribution in [2.45, 2.75) is 38.8 Å². The Hall–Kier alpha value is -1.06. The number of benzene rings is 1. The van der Waals surface area contributed by atoms with Gasteiger partial charge in [0.25, 0.3) is 0 Å². The van der Waals surface area contributed by atoms with Crippen molar-refractivity contribution < 1.29 is 5.11 Å². The predicted molar refractivity (Wildman–Crippen MR) is 75.9 cm³/mol. The Labute approximate surface area is 110 Å². The van der Waals surface area contributed by atoms with Gasteiger partial charge in [-0.15, -0.1) is 0 Å². The molecule has 1 aliphatic rings. The quantitative estimate of drug-likeness (QED) is 0.838. The standard InChI is InChI=1S/C15H24N2O/c1-15(2,18)12-16-11-13-5-7-14(8-6-13)17-9-3-4-10-17/h5-8,16,18H,3-4,9-12H2,1-2H3. The molecule has 1 aliphatic heterocycles. The molecule has 0 radical (unpaired) electrons. The molecule has 1 saturated heterocycles. The molecule has 18 heavy (non-hydrogen) atoms. The van der Waals surface area contributed by atoms with Crippen LogP contribution in [0.15, 0.2) is 24.3 Å². The Morgan fingerprint density at radius 1 is 1.17 bits per heavy atom. The zero-order valence-electron chi connectivity index (χ0n) is 11.4. The van der Waals surface area contributed by atoms with Crippen LogP contribution in [-0.2, 0) is 6.54 Å². The van der Waals surface area contributed by atoms with E-state index in [9.17, 15) is 5.11 Å². The third-order valence-corrected chi connectivity index (χ3v) is 3.29. The SMILES string of the molecule is CC(C)(O)CNCc1ccc(N2CCCC2)cc1. The highest BCUT2D eigenvalue weighted by Crippen LogP contribution is 2.20. The zero-order chi connectivity index (χ0) is 13.0. The molecule has 0 amide bonds.